The van der Waals surface area contributed by atoms with Gasteiger partial charge in [0.25, 0.3) is 0 Å². The molecule has 0 bridgehead atoms. The maximum atomic E-state index is 13.7. The van der Waals surface area contributed by atoms with Crippen molar-refractivity contribution < 1.29 is 13.9 Å². The van der Waals surface area contributed by atoms with Gasteiger partial charge in [0, 0.05) is 25.6 Å². The number of nitrogens with two attached hydrogens (primary N) is 1. The predicted octanol–water partition coefficient (Wildman–Crippen LogP) is 2.48. The molecule has 0 saturated carbocycles. The van der Waals surface area contributed by atoms with Crippen LogP contribution in [0.2, 0.25) is 0 Å². The average molecular weight is 294 g/mol. The molecule has 0 aromatic heterocycles. The summed E-state index contributed by atoms with van der Waals surface area (Å²) in [5.74, 6) is 0.355. The minimum Gasteiger partial charge on any atom is -0.494 e. The van der Waals surface area contributed by atoms with E-state index in [9.17, 15) is 9.18 Å². The Balaban J connectivity index is 1.99. The SMILES string of the molecule is CCCC1CC(=O)N(CC(N)c2ccc(OC)c(F)c2)C1. The van der Waals surface area contributed by atoms with Crippen LogP contribution >= 0.6 is 0 Å². The molecule has 1 aromatic carbocycles. The normalized spacial score (nSPS) is 19.9. The van der Waals surface area contributed by atoms with E-state index in [1.165, 1.54) is 13.2 Å². The zero-order valence-corrected chi connectivity index (χ0v) is 12.6. The third kappa shape index (κ3) is 3.73. The highest BCUT2D eigenvalue weighted by Crippen LogP contribution is 2.25. The molecule has 2 atom stereocenters. The summed E-state index contributed by atoms with van der Waals surface area (Å²) in [4.78, 5) is 13.8. The Bertz CT molecular complexity index is 507. The molecule has 1 aromatic rings. The zero-order valence-electron chi connectivity index (χ0n) is 12.6. The molecule has 0 aliphatic carbocycles. The number of hydrogen-bond acceptors (Lipinski definition) is 3. The van der Waals surface area contributed by atoms with Gasteiger partial charge in [-0.15, -0.1) is 0 Å². The second kappa shape index (κ2) is 6.89. The largest absolute Gasteiger partial charge is 0.494 e. The van der Waals surface area contributed by atoms with Gasteiger partial charge in [0.05, 0.1) is 7.11 Å². The zero-order chi connectivity index (χ0) is 15.4. The molecule has 2 unspecified atom stereocenters. The number of likely N-dealkylation sites (tertiary alicyclic amines) is 1. The minimum atomic E-state index is -0.429. The number of ether oxygens (including phenoxy) is 1. The Labute approximate surface area is 125 Å². The van der Waals surface area contributed by atoms with Gasteiger partial charge in [0.1, 0.15) is 0 Å². The molecule has 1 fully saturated rings. The molecule has 1 aliphatic heterocycles. The molecule has 1 amide bonds. The first-order chi connectivity index (χ1) is 10.0. The summed E-state index contributed by atoms with van der Waals surface area (Å²) in [5, 5.41) is 0. The van der Waals surface area contributed by atoms with Gasteiger partial charge in [-0.1, -0.05) is 19.4 Å². The third-order valence-corrected chi connectivity index (χ3v) is 4.01. The van der Waals surface area contributed by atoms with E-state index < -0.39 is 5.82 Å². The Morgan fingerprint density at radius 3 is 2.90 bits per heavy atom. The fraction of sp³-hybridized carbons (Fsp3) is 0.562. The summed E-state index contributed by atoms with van der Waals surface area (Å²) >= 11 is 0. The number of nitrogens with zero attached hydrogens (tertiary/aromatic N) is 1. The van der Waals surface area contributed by atoms with Gasteiger partial charge in [0.15, 0.2) is 11.6 Å². The van der Waals surface area contributed by atoms with Crippen molar-refractivity contribution in [2.45, 2.75) is 32.2 Å². The minimum absolute atomic E-state index is 0.151. The highest BCUT2D eigenvalue weighted by atomic mass is 19.1. The number of carbonyl (C=O) groups excluding carboxylic acids is 1. The smallest absolute Gasteiger partial charge is 0.222 e. The van der Waals surface area contributed by atoms with E-state index in [-0.39, 0.29) is 17.7 Å². The molecule has 2 rings (SSSR count). The Morgan fingerprint density at radius 2 is 2.29 bits per heavy atom. The summed E-state index contributed by atoms with van der Waals surface area (Å²) in [6.07, 6.45) is 2.76. The number of rotatable bonds is 6. The van der Waals surface area contributed by atoms with Gasteiger partial charge in [-0.2, -0.15) is 0 Å². The number of halogens is 1. The molecule has 2 N–H and O–H groups in total. The second-order valence-electron chi connectivity index (χ2n) is 5.66. The van der Waals surface area contributed by atoms with E-state index in [1.54, 1.807) is 17.0 Å². The summed E-state index contributed by atoms with van der Waals surface area (Å²) in [5.41, 5.74) is 6.80. The molecular formula is C16H23FN2O2. The van der Waals surface area contributed by atoms with E-state index in [1.807, 2.05) is 0 Å². The van der Waals surface area contributed by atoms with E-state index >= 15 is 0 Å². The molecule has 116 valence electrons. The number of hydrogen-bond donors (Lipinski definition) is 1. The lowest BCUT2D eigenvalue weighted by Crippen LogP contribution is -2.33. The van der Waals surface area contributed by atoms with Crippen molar-refractivity contribution in [2.75, 3.05) is 20.2 Å². The van der Waals surface area contributed by atoms with E-state index in [0.29, 0.717) is 24.4 Å². The number of benzene rings is 1. The van der Waals surface area contributed by atoms with Gasteiger partial charge >= 0.3 is 0 Å². The van der Waals surface area contributed by atoms with Crippen LogP contribution in [0, 0.1) is 11.7 Å². The number of carbonyl (C=O) groups is 1. The topological polar surface area (TPSA) is 55.6 Å². The van der Waals surface area contributed by atoms with Crippen molar-refractivity contribution in [3.8, 4) is 5.75 Å². The summed E-state index contributed by atoms with van der Waals surface area (Å²) < 4.78 is 18.6. The van der Waals surface area contributed by atoms with Gasteiger partial charge in [0.2, 0.25) is 5.91 Å². The highest BCUT2D eigenvalue weighted by molar-refractivity contribution is 5.78. The molecule has 5 heteroatoms. The molecule has 0 radical (unpaired) electrons. The number of methoxy groups -OCH3 is 1. The molecule has 1 saturated heterocycles. The lowest BCUT2D eigenvalue weighted by Gasteiger charge is -2.22. The second-order valence-corrected chi connectivity index (χ2v) is 5.66. The third-order valence-electron chi connectivity index (χ3n) is 4.01. The van der Waals surface area contributed by atoms with Crippen LogP contribution in [-0.4, -0.2) is 31.0 Å². The summed E-state index contributed by atoms with van der Waals surface area (Å²) in [6.45, 7) is 3.32. The van der Waals surface area contributed by atoms with E-state index in [0.717, 1.165) is 19.4 Å². The Morgan fingerprint density at radius 1 is 1.52 bits per heavy atom. The Hall–Kier alpha value is -1.62. The van der Waals surface area contributed by atoms with Crippen molar-refractivity contribution >= 4 is 5.91 Å². The molecule has 1 aliphatic rings. The maximum Gasteiger partial charge on any atom is 0.222 e. The monoisotopic (exact) mass is 294 g/mol. The lowest BCUT2D eigenvalue weighted by atomic mass is 10.0. The van der Waals surface area contributed by atoms with Crippen LogP contribution < -0.4 is 10.5 Å². The quantitative estimate of drug-likeness (QED) is 0.877. The molecule has 4 nitrogen and oxygen atoms in total. The van der Waals surface area contributed by atoms with Crippen LogP contribution in [-0.2, 0) is 4.79 Å². The lowest BCUT2D eigenvalue weighted by molar-refractivity contribution is -0.127. The Kier molecular flexibility index (Phi) is 5.17. The van der Waals surface area contributed by atoms with E-state index in [2.05, 4.69) is 6.92 Å². The van der Waals surface area contributed by atoms with Crippen LogP contribution in [0.1, 0.15) is 37.8 Å². The van der Waals surface area contributed by atoms with Crippen molar-refractivity contribution in [3.63, 3.8) is 0 Å². The fourth-order valence-corrected chi connectivity index (χ4v) is 2.89. The summed E-state index contributed by atoms with van der Waals surface area (Å²) in [7, 11) is 1.43. The van der Waals surface area contributed by atoms with Gasteiger partial charge in [-0.05, 0) is 30.0 Å². The first-order valence-corrected chi connectivity index (χ1v) is 7.42. The first kappa shape index (κ1) is 15.8. The van der Waals surface area contributed by atoms with Crippen LogP contribution in [0.5, 0.6) is 5.75 Å². The predicted molar refractivity (Wildman–Crippen MR) is 79.5 cm³/mol. The van der Waals surface area contributed by atoms with Crippen molar-refractivity contribution in [1.29, 1.82) is 0 Å². The van der Waals surface area contributed by atoms with Crippen LogP contribution in [0.3, 0.4) is 0 Å². The van der Waals surface area contributed by atoms with E-state index in [4.69, 9.17) is 10.5 Å². The van der Waals surface area contributed by atoms with Gasteiger partial charge < -0.3 is 15.4 Å². The van der Waals surface area contributed by atoms with Crippen LogP contribution in [0.15, 0.2) is 18.2 Å². The van der Waals surface area contributed by atoms with Crippen molar-refractivity contribution in [1.82, 2.24) is 4.90 Å². The average Bonchev–Trinajstić information content (AvgIpc) is 2.79. The number of amides is 1. The van der Waals surface area contributed by atoms with Crippen molar-refractivity contribution in [3.05, 3.63) is 29.6 Å². The fourth-order valence-electron chi connectivity index (χ4n) is 2.89. The van der Waals surface area contributed by atoms with Crippen LogP contribution in [0.25, 0.3) is 0 Å². The maximum absolute atomic E-state index is 13.7. The highest BCUT2D eigenvalue weighted by Gasteiger charge is 2.30. The van der Waals surface area contributed by atoms with Crippen LogP contribution in [0.4, 0.5) is 4.39 Å². The van der Waals surface area contributed by atoms with Crippen molar-refractivity contribution in [2.24, 2.45) is 11.7 Å². The van der Waals surface area contributed by atoms with Gasteiger partial charge in [-0.25, -0.2) is 4.39 Å². The standard InChI is InChI=1S/C16H23FN2O2/c1-3-4-11-7-16(20)19(9-11)10-14(18)12-5-6-15(21-2)13(17)8-12/h5-6,8,11,14H,3-4,7,9-10,18H2,1-2H3. The first-order valence-electron chi connectivity index (χ1n) is 7.42. The van der Waals surface area contributed by atoms with Gasteiger partial charge in [-0.3, -0.25) is 4.79 Å². The molecular weight excluding hydrogens is 271 g/mol. The summed E-state index contributed by atoms with van der Waals surface area (Å²) in [6, 6.07) is 4.32. The molecule has 1 heterocycles. The molecule has 0 spiro atoms. The molecule has 21 heavy (non-hydrogen) atoms.